The number of rotatable bonds is 2. The Balaban J connectivity index is 2.32. The van der Waals surface area contributed by atoms with Gasteiger partial charge in [-0.2, -0.15) is 0 Å². The van der Waals surface area contributed by atoms with E-state index in [-0.39, 0.29) is 18.6 Å². The molecule has 0 aromatic carbocycles. The van der Waals surface area contributed by atoms with E-state index in [1.807, 2.05) is 0 Å². The van der Waals surface area contributed by atoms with Crippen molar-refractivity contribution in [1.29, 1.82) is 0 Å². The minimum atomic E-state index is -0.520. The van der Waals surface area contributed by atoms with Gasteiger partial charge in [0.05, 0.1) is 13.7 Å². The second-order valence-electron chi connectivity index (χ2n) is 2.93. The van der Waals surface area contributed by atoms with Crippen molar-refractivity contribution in [3.63, 3.8) is 0 Å². The number of nitrogens with zero attached hydrogens (tertiary/aromatic N) is 2. The third kappa shape index (κ3) is 1.95. The number of hydrogen-bond acceptors (Lipinski definition) is 6. The molecule has 80 valence electrons. The third-order valence-electron chi connectivity index (χ3n) is 2.03. The Labute approximate surface area is 86.2 Å². The summed E-state index contributed by atoms with van der Waals surface area (Å²) >= 11 is 0. The van der Waals surface area contributed by atoms with Crippen molar-refractivity contribution < 1.29 is 19.0 Å². The van der Waals surface area contributed by atoms with Gasteiger partial charge in [0.2, 0.25) is 0 Å². The van der Waals surface area contributed by atoms with E-state index >= 15 is 0 Å². The molecule has 1 atom stereocenters. The van der Waals surface area contributed by atoms with Gasteiger partial charge in [0, 0.05) is 12.4 Å². The summed E-state index contributed by atoms with van der Waals surface area (Å²) < 4.78 is 14.9. The molecule has 1 aliphatic heterocycles. The second kappa shape index (κ2) is 4.33. The van der Waals surface area contributed by atoms with Crippen molar-refractivity contribution in [2.45, 2.75) is 6.10 Å². The highest BCUT2D eigenvalue weighted by Crippen LogP contribution is 2.22. The molecule has 2 rings (SSSR count). The lowest BCUT2D eigenvalue weighted by Crippen LogP contribution is -2.14. The minimum Gasteiger partial charge on any atom is -0.464 e. The Bertz CT molecular complexity index is 363. The number of ether oxygens (including phenoxy) is 3. The molecular weight excluding hydrogens is 200 g/mol. The first-order chi connectivity index (χ1) is 7.33. The number of esters is 1. The lowest BCUT2D eigenvalue weighted by atomic mass is 10.2. The van der Waals surface area contributed by atoms with Gasteiger partial charge in [-0.25, -0.2) is 9.78 Å². The molecule has 0 amide bonds. The van der Waals surface area contributed by atoms with Crippen molar-refractivity contribution in [2.24, 2.45) is 0 Å². The summed E-state index contributed by atoms with van der Waals surface area (Å²) in [4.78, 5) is 19.4. The molecule has 0 saturated carbocycles. The zero-order valence-electron chi connectivity index (χ0n) is 8.17. The first-order valence-electron chi connectivity index (χ1n) is 4.41. The SMILES string of the molecule is COC(=O)c1nccnc1C1COCO1. The van der Waals surface area contributed by atoms with E-state index in [0.717, 1.165) is 0 Å². The number of carbonyl (C=O) groups is 1. The topological polar surface area (TPSA) is 70.5 Å². The quantitative estimate of drug-likeness (QED) is 0.654. The summed E-state index contributed by atoms with van der Waals surface area (Å²) in [5, 5.41) is 0. The van der Waals surface area contributed by atoms with Crippen LogP contribution < -0.4 is 0 Å². The summed E-state index contributed by atoms with van der Waals surface area (Å²) in [5.41, 5.74) is 0.636. The van der Waals surface area contributed by atoms with Gasteiger partial charge in [0.15, 0.2) is 5.69 Å². The highest BCUT2D eigenvalue weighted by Gasteiger charge is 2.26. The molecule has 6 nitrogen and oxygen atoms in total. The molecule has 1 aromatic heterocycles. The Morgan fingerprint density at radius 1 is 1.53 bits per heavy atom. The Kier molecular flexibility index (Phi) is 2.89. The predicted molar refractivity (Wildman–Crippen MR) is 48.0 cm³/mol. The highest BCUT2D eigenvalue weighted by molar-refractivity contribution is 5.88. The predicted octanol–water partition coefficient (Wildman–Crippen LogP) is 0.309. The average Bonchev–Trinajstić information content (AvgIpc) is 2.81. The van der Waals surface area contributed by atoms with Gasteiger partial charge < -0.3 is 14.2 Å². The lowest BCUT2D eigenvalue weighted by Gasteiger charge is -2.09. The van der Waals surface area contributed by atoms with Crippen LogP contribution in [0.25, 0.3) is 0 Å². The molecule has 1 unspecified atom stereocenters. The zero-order chi connectivity index (χ0) is 10.7. The maximum absolute atomic E-state index is 11.4. The van der Waals surface area contributed by atoms with E-state index < -0.39 is 5.97 Å². The molecule has 1 saturated heterocycles. The molecule has 0 radical (unpaired) electrons. The number of hydrogen-bond donors (Lipinski definition) is 0. The Hall–Kier alpha value is -1.53. The lowest BCUT2D eigenvalue weighted by molar-refractivity contribution is 0.0434. The van der Waals surface area contributed by atoms with E-state index in [4.69, 9.17) is 9.47 Å². The van der Waals surface area contributed by atoms with Crippen LogP contribution in [0.3, 0.4) is 0 Å². The maximum Gasteiger partial charge on any atom is 0.358 e. The Morgan fingerprint density at radius 3 is 3.00 bits per heavy atom. The fourth-order valence-corrected chi connectivity index (χ4v) is 1.33. The van der Waals surface area contributed by atoms with Crippen molar-refractivity contribution >= 4 is 5.97 Å². The summed E-state index contributed by atoms with van der Waals surface area (Å²) in [6.45, 7) is 0.588. The van der Waals surface area contributed by atoms with Crippen LogP contribution >= 0.6 is 0 Å². The molecule has 0 spiro atoms. The van der Waals surface area contributed by atoms with E-state index in [9.17, 15) is 4.79 Å². The van der Waals surface area contributed by atoms with Crippen molar-refractivity contribution in [2.75, 3.05) is 20.5 Å². The van der Waals surface area contributed by atoms with Crippen LogP contribution in [-0.4, -0.2) is 36.4 Å². The molecule has 1 fully saturated rings. The van der Waals surface area contributed by atoms with Gasteiger partial charge in [-0.3, -0.25) is 4.98 Å². The summed E-state index contributed by atoms with van der Waals surface area (Å²) in [7, 11) is 1.30. The van der Waals surface area contributed by atoms with Crippen LogP contribution in [0.15, 0.2) is 12.4 Å². The van der Waals surface area contributed by atoms with E-state index in [0.29, 0.717) is 12.3 Å². The first-order valence-corrected chi connectivity index (χ1v) is 4.41. The average molecular weight is 210 g/mol. The summed E-state index contributed by atoms with van der Waals surface area (Å²) in [5.74, 6) is -0.520. The van der Waals surface area contributed by atoms with E-state index in [1.165, 1.54) is 19.5 Å². The number of aromatic nitrogens is 2. The van der Waals surface area contributed by atoms with Crippen LogP contribution in [0, 0.1) is 0 Å². The second-order valence-corrected chi connectivity index (χ2v) is 2.93. The highest BCUT2D eigenvalue weighted by atomic mass is 16.7. The van der Waals surface area contributed by atoms with Gasteiger partial charge in [-0.15, -0.1) is 0 Å². The normalized spacial score (nSPS) is 20.2. The van der Waals surface area contributed by atoms with Gasteiger partial charge in [0.1, 0.15) is 18.6 Å². The van der Waals surface area contributed by atoms with Crippen LogP contribution in [0.2, 0.25) is 0 Å². The smallest absolute Gasteiger partial charge is 0.358 e. The third-order valence-corrected chi connectivity index (χ3v) is 2.03. The van der Waals surface area contributed by atoms with Gasteiger partial charge >= 0.3 is 5.97 Å². The monoisotopic (exact) mass is 210 g/mol. The zero-order valence-corrected chi connectivity index (χ0v) is 8.17. The van der Waals surface area contributed by atoms with Gasteiger partial charge in [-0.05, 0) is 0 Å². The van der Waals surface area contributed by atoms with Crippen LogP contribution in [0.1, 0.15) is 22.3 Å². The van der Waals surface area contributed by atoms with Crippen molar-refractivity contribution in [1.82, 2.24) is 9.97 Å². The largest absolute Gasteiger partial charge is 0.464 e. The maximum atomic E-state index is 11.4. The molecule has 0 aliphatic carbocycles. The fourth-order valence-electron chi connectivity index (χ4n) is 1.33. The molecule has 2 heterocycles. The van der Waals surface area contributed by atoms with E-state index in [1.54, 1.807) is 0 Å². The molecule has 15 heavy (non-hydrogen) atoms. The Morgan fingerprint density at radius 2 is 2.33 bits per heavy atom. The van der Waals surface area contributed by atoms with Crippen LogP contribution in [0.4, 0.5) is 0 Å². The van der Waals surface area contributed by atoms with Crippen molar-refractivity contribution in [3.05, 3.63) is 23.8 Å². The summed E-state index contributed by atoms with van der Waals surface area (Å²) in [6.07, 6.45) is 2.60. The number of carbonyl (C=O) groups excluding carboxylic acids is 1. The van der Waals surface area contributed by atoms with Gasteiger partial charge in [0.25, 0.3) is 0 Å². The van der Waals surface area contributed by atoms with Crippen LogP contribution in [-0.2, 0) is 14.2 Å². The molecule has 0 N–H and O–H groups in total. The first kappa shape index (κ1) is 10.0. The van der Waals surface area contributed by atoms with Crippen LogP contribution in [0.5, 0.6) is 0 Å². The molecule has 0 bridgehead atoms. The van der Waals surface area contributed by atoms with Gasteiger partial charge in [-0.1, -0.05) is 0 Å². The fraction of sp³-hybridized carbons (Fsp3) is 0.444. The molecule has 6 heteroatoms. The summed E-state index contributed by atoms with van der Waals surface area (Å²) in [6, 6.07) is 0. The number of methoxy groups -OCH3 is 1. The van der Waals surface area contributed by atoms with Crippen molar-refractivity contribution in [3.8, 4) is 0 Å². The molecule has 1 aromatic rings. The van der Waals surface area contributed by atoms with E-state index in [2.05, 4.69) is 14.7 Å². The molecule has 1 aliphatic rings. The minimum absolute atomic E-state index is 0.176. The standard InChI is InChI=1S/C9H10N2O4/c1-13-9(12)8-7(10-2-3-11-8)6-4-14-5-15-6/h2-3,6H,4-5H2,1H3. The molecular formula is C9H10N2O4.